The summed E-state index contributed by atoms with van der Waals surface area (Å²) in [4.78, 5) is 39.9. The molecule has 0 aliphatic carbocycles. The van der Waals surface area contributed by atoms with E-state index in [0.29, 0.717) is 11.5 Å². The van der Waals surface area contributed by atoms with Crippen molar-refractivity contribution < 1.29 is 28.6 Å². The third-order valence-corrected chi connectivity index (χ3v) is 5.74. The van der Waals surface area contributed by atoms with Gasteiger partial charge in [-0.1, -0.05) is 36.4 Å². The first-order chi connectivity index (χ1) is 16.0. The van der Waals surface area contributed by atoms with E-state index in [4.69, 9.17) is 14.2 Å². The average Bonchev–Trinajstić information content (AvgIpc) is 3.24. The van der Waals surface area contributed by atoms with Gasteiger partial charge >= 0.3 is 5.97 Å². The molecule has 0 unspecified atom stereocenters. The van der Waals surface area contributed by atoms with Crippen molar-refractivity contribution in [3.05, 3.63) is 60.2 Å². The molecule has 1 N–H and O–H groups in total. The van der Waals surface area contributed by atoms with E-state index < -0.39 is 11.9 Å². The Hall–Kier alpha value is -4.07. The average molecular weight is 448 g/mol. The van der Waals surface area contributed by atoms with E-state index in [2.05, 4.69) is 5.32 Å². The summed E-state index contributed by atoms with van der Waals surface area (Å²) in [5.74, 6) is -1.05. The number of benzene rings is 3. The second-order valence-corrected chi connectivity index (χ2v) is 7.64. The van der Waals surface area contributed by atoms with Gasteiger partial charge in [0.1, 0.15) is 0 Å². The molecule has 1 atom stereocenters. The number of anilines is 2. The minimum Gasteiger partial charge on any atom is -0.493 e. The van der Waals surface area contributed by atoms with Gasteiger partial charge in [-0.25, -0.2) is 4.79 Å². The van der Waals surface area contributed by atoms with Crippen molar-refractivity contribution in [1.82, 2.24) is 0 Å². The van der Waals surface area contributed by atoms with Crippen LogP contribution < -0.4 is 19.7 Å². The van der Waals surface area contributed by atoms with E-state index in [9.17, 15) is 14.4 Å². The highest BCUT2D eigenvalue weighted by atomic mass is 16.5. The minimum atomic E-state index is -0.633. The van der Waals surface area contributed by atoms with Crippen LogP contribution in [0.3, 0.4) is 0 Å². The summed E-state index contributed by atoms with van der Waals surface area (Å²) in [7, 11) is 4.16. The van der Waals surface area contributed by atoms with E-state index in [1.165, 1.54) is 33.5 Å². The van der Waals surface area contributed by atoms with Crippen molar-refractivity contribution >= 4 is 39.9 Å². The van der Waals surface area contributed by atoms with Gasteiger partial charge < -0.3 is 24.4 Å². The quantitative estimate of drug-likeness (QED) is 0.579. The lowest BCUT2D eigenvalue weighted by atomic mass is 10.1. The normalized spacial score (nSPS) is 15.4. The second-order valence-electron chi connectivity index (χ2n) is 7.64. The van der Waals surface area contributed by atoms with Crippen molar-refractivity contribution in [2.45, 2.75) is 6.42 Å². The Kier molecular flexibility index (Phi) is 6.17. The Morgan fingerprint density at radius 3 is 2.39 bits per heavy atom. The second kappa shape index (κ2) is 9.20. The highest BCUT2D eigenvalue weighted by Gasteiger charge is 2.36. The molecule has 1 heterocycles. The van der Waals surface area contributed by atoms with Crippen LogP contribution in [-0.2, 0) is 14.3 Å². The van der Waals surface area contributed by atoms with Gasteiger partial charge in [0.15, 0.2) is 11.5 Å². The fourth-order valence-corrected chi connectivity index (χ4v) is 4.06. The molecule has 4 rings (SSSR count). The molecule has 0 bridgehead atoms. The number of hydrogen-bond donors (Lipinski definition) is 1. The Morgan fingerprint density at radius 1 is 0.970 bits per heavy atom. The summed E-state index contributed by atoms with van der Waals surface area (Å²) in [6.07, 6.45) is 0.0654. The van der Waals surface area contributed by atoms with Crippen LogP contribution in [0.25, 0.3) is 10.8 Å². The Morgan fingerprint density at radius 2 is 1.67 bits per heavy atom. The largest absolute Gasteiger partial charge is 0.493 e. The highest BCUT2D eigenvalue weighted by Crippen LogP contribution is 2.35. The molecular weight excluding hydrogens is 424 g/mol. The van der Waals surface area contributed by atoms with Crippen molar-refractivity contribution in [3.8, 4) is 11.5 Å². The summed E-state index contributed by atoms with van der Waals surface area (Å²) in [5, 5.41) is 4.73. The topological polar surface area (TPSA) is 94.2 Å². The first-order valence-electron chi connectivity index (χ1n) is 10.4. The number of esters is 1. The van der Waals surface area contributed by atoms with Crippen LogP contribution in [0.4, 0.5) is 11.4 Å². The number of rotatable bonds is 6. The number of nitrogens with zero attached hydrogens (tertiary/aromatic N) is 1. The summed E-state index contributed by atoms with van der Waals surface area (Å²) >= 11 is 0. The zero-order chi connectivity index (χ0) is 23.5. The molecule has 0 radical (unpaired) electrons. The van der Waals surface area contributed by atoms with Gasteiger partial charge in [-0.15, -0.1) is 0 Å². The Bertz CT molecular complexity index is 1230. The SMILES string of the molecule is COC(=O)c1cc(OC)c(OC)cc1NC(=O)[C@H]1CC(=O)N(c2cccc3ccccc23)C1. The third kappa shape index (κ3) is 4.19. The van der Waals surface area contributed by atoms with Crippen LogP contribution in [0, 0.1) is 5.92 Å². The maximum atomic E-state index is 13.1. The van der Waals surface area contributed by atoms with Gasteiger partial charge in [0.05, 0.1) is 44.2 Å². The van der Waals surface area contributed by atoms with Gasteiger partial charge in [0, 0.05) is 30.5 Å². The van der Waals surface area contributed by atoms with E-state index in [0.717, 1.165) is 16.5 Å². The van der Waals surface area contributed by atoms with E-state index >= 15 is 0 Å². The number of carbonyl (C=O) groups is 3. The minimum absolute atomic E-state index is 0.0654. The molecule has 2 amide bonds. The van der Waals surface area contributed by atoms with Crippen molar-refractivity contribution in [1.29, 1.82) is 0 Å². The Labute approximate surface area is 191 Å². The van der Waals surface area contributed by atoms with Crippen LogP contribution in [0.15, 0.2) is 54.6 Å². The molecular formula is C25H24N2O6. The molecule has 0 spiro atoms. The maximum absolute atomic E-state index is 13.1. The predicted molar refractivity (Wildman–Crippen MR) is 124 cm³/mol. The lowest BCUT2D eigenvalue weighted by molar-refractivity contribution is -0.122. The van der Waals surface area contributed by atoms with Crippen molar-refractivity contribution in [3.63, 3.8) is 0 Å². The zero-order valence-electron chi connectivity index (χ0n) is 18.6. The number of fused-ring (bicyclic) bond motifs is 1. The number of methoxy groups -OCH3 is 3. The number of hydrogen-bond acceptors (Lipinski definition) is 6. The number of carbonyl (C=O) groups excluding carboxylic acids is 3. The first-order valence-corrected chi connectivity index (χ1v) is 10.4. The molecule has 8 heteroatoms. The first kappa shape index (κ1) is 22.1. The summed E-state index contributed by atoms with van der Waals surface area (Å²) < 4.78 is 15.4. The molecule has 170 valence electrons. The number of nitrogens with one attached hydrogen (secondary N) is 1. The lowest BCUT2D eigenvalue weighted by Crippen LogP contribution is -2.28. The summed E-state index contributed by atoms with van der Waals surface area (Å²) in [6, 6.07) is 16.5. The lowest BCUT2D eigenvalue weighted by Gasteiger charge is -2.19. The third-order valence-electron chi connectivity index (χ3n) is 5.74. The van der Waals surface area contributed by atoms with Gasteiger partial charge in [-0.3, -0.25) is 9.59 Å². The maximum Gasteiger partial charge on any atom is 0.340 e. The smallest absolute Gasteiger partial charge is 0.340 e. The van der Waals surface area contributed by atoms with E-state index in [-0.39, 0.29) is 36.0 Å². The molecule has 3 aromatic rings. The summed E-state index contributed by atoms with van der Waals surface area (Å²) in [5.41, 5.74) is 1.12. The standard InChI is InChI=1S/C25H24N2O6/c1-31-21-12-18(25(30)33-3)19(13-22(21)32-2)26-24(29)16-11-23(28)27(14-16)20-10-6-8-15-7-4-5-9-17(15)20/h4-10,12-13,16H,11,14H2,1-3H3,(H,26,29)/t16-/m0/s1. The molecule has 8 nitrogen and oxygen atoms in total. The molecule has 33 heavy (non-hydrogen) atoms. The van der Waals surface area contributed by atoms with Gasteiger partial charge in [-0.05, 0) is 11.5 Å². The Balaban J connectivity index is 1.60. The fourth-order valence-electron chi connectivity index (χ4n) is 4.06. The molecule has 0 saturated carbocycles. The van der Waals surface area contributed by atoms with Crippen LogP contribution >= 0.6 is 0 Å². The molecule has 1 aliphatic rings. The number of amides is 2. The number of ether oxygens (including phenoxy) is 3. The van der Waals surface area contributed by atoms with E-state index in [1.807, 2.05) is 42.5 Å². The molecule has 1 saturated heterocycles. The molecule has 1 fully saturated rings. The molecule has 3 aromatic carbocycles. The van der Waals surface area contributed by atoms with Crippen LogP contribution in [0.5, 0.6) is 11.5 Å². The molecule has 1 aliphatic heterocycles. The van der Waals surface area contributed by atoms with Crippen LogP contribution in [0.2, 0.25) is 0 Å². The highest BCUT2D eigenvalue weighted by molar-refractivity contribution is 6.09. The fraction of sp³-hybridized carbons (Fsp3) is 0.240. The van der Waals surface area contributed by atoms with E-state index in [1.54, 1.807) is 4.90 Å². The zero-order valence-corrected chi connectivity index (χ0v) is 18.6. The molecule has 0 aromatic heterocycles. The van der Waals surface area contributed by atoms with Gasteiger partial charge in [0.25, 0.3) is 0 Å². The van der Waals surface area contributed by atoms with Gasteiger partial charge in [-0.2, -0.15) is 0 Å². The van der Waals surface area contributed by atoms with Crippen LogP contribution in [0.1, 0.15) is 16.8 Å². The summed E-state index contributed by atoms with van der Waals surface area (Å²) in [6.45, 7) is 0.236. The van der Waals surface area contributed by atoms with Crippen molar-refractivity contribution in [2.75, 3.05) is 38.1 Å². The van der Waals surface area contributed by atoms with Crippen molar-refractivity contribution in [2.24, 2.45) is 5.92 Å². The predicted octanol–water partition coefficient (Wildman–Crippen LogP) is 3.64. The van der Waals surface area contributed by atoms with Crippen LogP contribution in [-0.4, -0.2) is 45.7 Å². The monoisotopic (exact) mass is 448 g/mol. The van der Waals surface area contributed by atoms with Gasteiger partial charge in [0.2, 0.25) is 11.8 Å².